The van der Waals surface area contributed by atoms with Crippen molar-refractivity contribution in [1.82, 2.24) is 4.90 Å². The summed E-state index contributed by atoms with van der Waals surface area (Å²) in [6.45, 7) is 3.46. The molecule has 0 aromatic carbocycles. The van der Waals surface area contributed by atoms with Gasteiger partial charge in [-0.2, -0.15) is 0 Å². The lowest BCUT2D eigenvalue weighted by Gasteiger charge is -2.13. The van der Waals surface area contributed by atoms with Crippen LogP contribution in [0, 0.1) is 0 Å². The smallest absolute Gasteiger partial charge is 0.153 e. The van der Waals surface area contributed by atoms with Crippen LogP contribution in [0.4, 0.5) is 0 Å². The van der Waals surface area contributed by atoms with Crippen molar-refractivity contribution in [3.8, 4) is 0 Å². The maximum atomic E-state index is 8.43. The molecule has 0 radical (unpaired) electrons. The Labute approximate surface area is 94.0 Å². The van der Waals surface area contributed by atoms with E-state index in [0.717, 1.165) is 13.0 Å². The van der Waals surface area contributed by atoms with E-state index in [2.05, 4.69) is 24.2 Å². The molecule has 0 fully saturated rings. The second-order valence-electron chi connectivity index (χ2n) is 3.49. The minimum Gasteiger partial charge on any atom is -0.409 e. The monoisotopic (exact) mass is 227 g/mol. The van der Waals surface area contributed by atoms with Gasteiger partial charge >= 0.3 is 0 Å². The first-order chi connectivity index (χ1) is 7.15. The maximum Gasteiger partial charge on any atom is 0.153 e. The van der Waals surface area contributed by atoms with E-state index in [9.17, 15) is 0 Å². The fourth-order valence-corrected chi connectivity index (χ4v) is 2.37. The zero-order chi connectivity index (χ0) is 11.3. The first-order valence-electron chi connectivity index (χ1n) is 4.88. The maximum absolute atomic E-state index is 8.43. The molecule has 0 saturated heterocycles. The Morgan fingerprint density at radius 1 is 1.53 bits per heavy atom. The van der Waals surface area contributed by atoms with Crippen molar-refractivity contribution in [2.24, 2.45) is 10.9 Å². The van der Waals surface area contributed by atoms with Crippen molar-refractivity contribution < 1.29 is 5.21 Å². The molecule has 0 amide bonds. The highest BCUT2D eigenvalue weighted by atomic mass is 32.1. The molecule has 1 heterocycles. The van der Waals surface area contributed by atoms with Crippen LogP contribution in [0.1, 0.15) is 16.7 Å². The average Bonchev–Trinajstić information content (AvgIpc) is 2.65. The lowest BCUT2D eigenvalue weighted by Crippen LogP contribution is -2.30. The largest absolute Gasteiger partial charge is 0.409 e. The highest BCUT2D eigenvalue weighted by Crippen LogP contribution is 2.17. The highest BCUT2D eigenvalue weighted by molar-refractivity contribution is 7.11. The number of nitrogens with two attached hydrogens (primary N) is 1. The molecule has 1 aromatic rings. The van der Waals surface area contributed by atoms with Gasteiger partial charge in [0.2, 0.25) is 0 Å². The SMILES string of the molecule is CCc1ccc(CN(C)CC(N)=NO)s1. The first-order valence-corrected chi connectivity index (χ1v) is 5.70. The third-order valence-electron chi connectivity index (χ3n) is 2.05. The fraction of sp³-hybridized carbons (Fsp3) is 0.500. The number of amidine groups is 1. The fourth-order valence-electron chi connectivity index (χ4n) is 1.33. The Balaban J connectivity index is 2.47. The Bertz CT molecular complexity index is 335. The predicted octanol–water partition coefficient (Wildman–Crippen LogP) is 1.49. The molecule has 0 saturated carbocycles. The highest BCUT2D eigenvalue weighted by Gasteiger charge is 2.05. The van der Waals surface area contributed by atoms with Crippen LogP contribution in [-0.4, -0.2) is 29.5 Å². The molecule has 0 spiro atoms. The molecule has 0 bridgehead atoms. The van der Waals surface area contributed by atoms with E-state index in [1.165, 1.54) is 9.75 Å². The average molecular weight is 227 g/mol. The summed E-state index contributed by atoms with van der Waals surface area (Å²) >= 11 is 1.81. The number of nitrogens with zero attached hydrogens (tertiary/aromatic N) is 2. The third kappa shape index (κ3) is 3.89. The molecule has 1 aromatic heterocycles. The molecule has 4 nitrogen and oxygen atoms in total. The summed E-state index contributed by atoms with van der Waals surface area (Å²) < 4.78 is 0. The van der Waals surface area contributed by atoms with Crippen LogP contribution in [0.15, 0.2) is 17.3 Å². The van der Waals surface area contributed by atoms with Crippen LogP contribution in [-0.2, 0) is 13.0 Å². The van der Waals surface area contributed by atoms with Gasteiger partial charge in [0.1, 0.15) is 0 Å². The standard InChI is InChI=1S/C10H17N3OS/c1-3-8-4-5-9(15-8)6-13(2)7-10(11)12-14/h4-5,14H,3,6-7H2,1-2H3,(H2,11,12). The van der Waals surface area contributed by atoms with Gasteiger partial charge in [0, 0.05) is 16.3 Å². The van der Waals surface area contributed by atoms with Crippen molar-refractivity contribution in [3.63, 3.8) is 0 Å². The number of hydrogen-bond acceptors (Lipinski definition) is 4. The van der Waals surface area contributed by atoms with Gasteiger partial charge in [0.15, 0.2) is 5.84 Å². The topological polar surface area (TPSA) is 61.8 Å². The van der Waals surface area contributed by atoms with E-state index in [0.29, 0.717) is 6.54 Å². The molecular weight excluding hydrogens is 210 g/mol. The van der Waals surface area contributed by atoms with Gasteiger partial charge in [0.05, 0.1) is 6.54 Å². The van der Waals surface area contributed by atoms with Crippen LogP contribution in [0.3, 0.4) is 0 Å². The van der Waals surface area contributed by atoms with Crippen molar-refractivity contribution in [3.05, 3.63) is 21.9 Å². The zero-order valence-corrected chi connectivity index (χ0v) is 9.92. The van der Waals surface area contributed by atoms with E-state index in [-0.39, 0.29) is 5.84 Å². The Kier molecular flexibility index (Phi) is 4.58. The van der Waals surface area contributed by atoms with Crippen LogP contribution in [0.5, 0.6) is 0 Å². The quantitative estimate of drug-likeness (QED) is 0.347. The van der Waals surface area contributed by atoms with E-state index < -0.39 is 0 Å². The molecule has 0 aliphatic heterocycles. The molecule has 5 heteroatoms. The third-order valence-corrected chi connectivity index (χ3v) is 3.27. The number of thiophene rings is 1. The second-order valence-corrected chi connectivity index (χ2v) is 4.74. The second kappa shape index (κ2) is 5.72. The van der Waals surface area contributed by atoms with Crippen LogP contribution >= 0.6 is 11.3 Å². The summed E-state index contributed by atoms with van der Waals surface area (Å²) in [7, 11) is 1.95. The molecule has 0 unspecified atom stereocenters. The molecule has 84 valence electrons. The minimum absolute atomic E-state index is 0.241. The van der Waals surface area contributed by atoms with Gasteiger partial charge in [-0.25, -0.2) is 0 Å². The molecule has 1 rings (SSSR count). The lowest BCUT2D eigenvalue weighted by molar-refractivity contribution is 0.308. The molecule has 15 heavy (non-hydrogen) atoms. The minimum atomic E-state index is 0.241. The molecule has 0 aliphatic carbocycles. The summed E-state index contributed by atoms with van der Waals surface area (Å²) in [5.74, 6) is 0.241. The molecule has 3 N–H and O–H groups in total. The van der Waals surface area contributed by atoms with Gasteiger partial charge in [0.25, 0.3) is 0 Å². The van der Waals surface area contributed by atoms with Crippen molar-refractivity contribution in [2.75, 3.05) is 13.6 Å². The predicted molar refractivity (Wildman–Crippen MR) is 63.4 cm³/mol. The van der Waals surface area contributed by atoms with E-state index in [1.807, 2.05) is 23.3 Å². The number of oxime groups is 1. The van der Waals surface area contributed by atoms with Gasteiger partial charge in [-0.15, -0.1) is 11.3 Å². The summed E-state index contributed by atoms with van der Waals surface area (Å²) in [6.07, 6.45) is 1.08. The van der Waals surface area contributed by atoms with Gasteiger partial charge < -0.3 is 10.9 Å². The summed E-state index contributed by atoms with van der Waals surface area (Å²) in [4.78, 5) is 4.71. The normalized spacial score (nSPS) is 12.3. The summed E-state index contributed by atoms with van der Waals surface area (Å²) in [5.41, 5.74) is 5.42. The van der Waals surface area contributed by atoms with Crippen LogP contribution in [0.2, 0.25) is 0 Å². The summed E-state index contributed by atoms with van der Waals surface area (Å²) in [5, 5.41) is 11.4. The van der Waals surface area contributed by atoms with Gasteiger partial charge in [-0.3, -0.25) is 4.90 Å². The van der Waals surface area contributed by atoms with Gasteiger partial charge in [-0.05, 0) is 25.6 Å². The number of likely N-dealkylation sites (N-methyl/N-ethyl adjacent to an activating group) is 1. The van der Waals surface area contributed by atoms with Crippen molar-refractivity contribution in [1.29, 1.82) is 0 Å². The number of rotatable bonds is 5. The lowest BCUT2D eigenvalue weighted by atomic mass is 10.3. The van der Waals surface area contributed by atoms with Crippen molar-refractivity contribution >= 4 is 17.2 Å². The van der Waals surface area contributed by atoms with E-state index in [4.69, 9.17) is 10.9 Å². The van der Waals surface area contributed by atoms with E-state index >= 15 is 0 Å². The number of hydrogen-bond donors (Lipinski definition) is 2. The zero-order valence-electron chi connectivity index (χ0n) is 9.10. The Morgan fingerprint density at radius 2 is 2.20 bits per heavy atom. The van der Waals surface area contributed by atoms with Gasteiger partial charge in [-0.1, -0.05) is 12.1 Å². The van der Waals surface area contributed by atoms with E-state index in [1.54, 1.807) is 0 Å². The molecule has 0 aliphatic rings. The van der Waals surface area contributed by atoms with Crippen molar-refractivity contribution in [2.45, 2.75) is 19.9 Å². The molecular formula is C10H17N3OS. The Morgan fingerprint density at radius 3 is 2.73 bits per heavy atom. The molecule has 0 atom stereocenters. The van der Waals surface area contributed by atoms with Crippen LogP contribution < -0.4 is 5.73 Å². The van der Waals surface area contributed by atoms with Crippen LogP contribution in [0.25, 0.3) is 0 Å². The first kappa shape index (κ1) is 12.0. The number of aryl methyl sites for hydroxylation is 1. The Hall–Kier alpha value is -1.07. The summed E-state index contributed by atoms with van der Waals surface area (Å²) in [6, 6.07) is 4.28.